The van der Waals surface area contributed by atoms with Gasteiger partial charge in [-0.15, -0.1) is 5.10 Å². The highest BCUT2D eigenvalue weighted by atomic mass is 32.1. The number of rotatable bonds is 4. The van der Waals surface area contributed by atoms with E-state index in [-0.39, 0.29) is 11.1 Å². The summed E-state index contributed by atoms with van der Waals surface area (Å²) in [6.07, 6.45) is 1.73. The molecule has 0 radical (unpaired) electrons. The summed E-state index contributed by atoms with van der Waals surface area (Å²) in [7, 11) is 0. The lowest BCUT2D eigenvalue weighted by Crippen LogP contribution is -1.95. The zero-order valence-electron chi connectivity index (χ0n) is 10.7. The molecule has 0 aliphatic rings. The fourth-order valence-electron chi connectivity index (χ4n) is 1.99. The van der Waals surface area contributed by atoms with E-state index < -0.39 is 5.97 Å². The Morgan fingerprint density at radius 2 is 2.30 bits per heavy atom. The third kappa shape index (κ3) is 2.05. The summed E-state index contributed by atoms with van der Waals surface area (Å²) in [6.45, 7) is 2.05. The largest absolute Gasteiger partial charge is 0.478 e. The quantitative estimate of drug-likeness (QED) is 0.794. The molecule has 1 N–H and O–H groups in total. The fraction of sp³-hybridized carbons (Fsp3) is 0.231. The summed E-state index contributed by atoms with van der Waals surface area (Å²) in [6, 6.07) is 4.87. The van der Waals surface area contributed by atoms with Crippen LogP contribution in [-0.4, -0.2) is 25.6 Å². The maximum absolute atomic E-state index is 11.2. The van der Waals surface area contributed by atoms with E-state index in [9.17, 15) is 4.79 Å². The van der Waals surface area contributed by atoms with Gasteiger partial charge in [-0.2, -0.15) is 0 Å². The number of fused-ring (bicyclic) bond motifs is 1. The minimum absolute atomic E-state index is 0.107. The first-order valence-corrected chi connectivity index (χ1v) is 6.92. The number of hydrogen-bond acceptors (Lipinski definition) is 6. The highest BCUT2D eigenvalue weighted by molar-refractivity contribution is 7.09. The average Bonchev–Trinajstić information content (AvgIpc) is 3.03. The first-order chi connectivity index (χ1) is 9.70. The third-order valence-corrected chi connectivity index (χ3v) is 3.64. The van der Waals surface area contributed by atoms with Crippen LogP contribution in [0.5, 0.6) is 0 Å². The van der Waals surface area contributed by atoms with Crippen molar-refractivity contribution >= 4 is 28.6 Å². The van der Waals surface area contributed by atoms with Crippen LogP contribution >= 0.6 is 11.5 Å². The first-order valence-electron chi connectivity index (χ1n) is 6.15. The second-order valence-corrected chi connectivity index (χ2v) is 5.03. The summed E-state index contributed by atoms with van der Waals surface area (Å²) in [5, 5.41) is 13.2. The standard InChI is InChI=1S/C13H11N3O3S/c1-2-4-9-11(20-16-15-9)12-14-8-6-3-5-7(13(17)18)10(8)19-12/h3,5-6H,2,4H2,1H3,(H,17,18). The molecule has 0 saturated carbocycles. The van der Waals surface area contributed by atoms with Crippen molar-refractivity contribution in [2.24, 2.45) is 0 Å². The Balaban J connectivity index is 2.16. The van der Waals surface area contributed by atoms with Gasteiger partial charge < -0.3 is 9.52 Å². The van der Waals surface area contributed by atoms with Gasteiger partial charge in [-0.05, 0) is 30.1 Å². The summed E-state index contributed by atoms with van der Waals surface area (Å²) >= 11 is 1.21. The molecule has 102 valence electrons. The summed E-state index contributed by atoms with van der Waals surface area (Å²) < 4.78 is 9.55. The second-order valence-electron chi connectivity index (χ2n) is 4.28. The highest BCUT2D eigenvalue weighted by Crippen LogP contribution is 2.30. The summed E-state index contributed by atoms with van der Waals surface area (Å²) in [5.74, 6) is -0.651. The lowest BCUT2D eigenvalue weighted by atomic mass is 10.2. The van der Waals surface area contributed by atoms with Crippen molar-refractivity contribution in [2.75, 3.05) is 0 Å². The van der Waals surface area contributed by atoms with Crippen LogP contribution in [-0.2, 0) is 6.42 Å². The number of para-hydroxylation sites is 1. The van der Waals surface area contributed by atoms with E-state index >= 15 is 0 Å². The number of carbonyl (C=O) groups is 1. The molecule has 0 atom stereocenters. The minimum atomic E-state index is -1.03. The van der Waals surface area contributed by atoms with Crippen molar-refractivity contribution in [3.63, 3.8) is 0 Å². The van der Waals surface area contributed by atoms with Gasteiger partial charge >= 0.3 is 5.97 Å². The molecule has 6 nitrogen and oxygen atoms in total. The molecule has 0 unspecified atom stereocenters. The fourth-order valence-corrected chi connectivity index (χ4v) is 2.62. The zero-order chi connectivity index (χ0) is 14.1. The number of aromatic carboxylic acids is 1. The Hall–Kier alpha value is -2.28. The number of aryl methyl sites for hydroxylation is 1. The molecule has 2 aromatic heterocycles. The van der Waals surface area contributed by atoms with Gasteiger partial charge in [0.15, 0.2) is 5.58 Å². The maximum Gasteiger partial charge on any atom is 0.339 e. The van der Waals surface area contributed by atoms with E-state index in [4.69, 9.17) is 9.52 Å². The van der Waals surface area contributed by atoms with E-state index in [1.807, 2.05) is 0 Å². The van der Waals surface area contributed by atoms with Crippen molar-refractivity contribution in [3.8, 4) is 10.8 Å². The van der Waals surface area contributed by atoms with Crippen molar-refractivity contribution in [2.45, 2.75) is 19.8 Å². The normalized spacial score (nSPS) is 11.1. The van der Waals surface area contributed by atoms with E-state index in [1.54, 1.807) is 12.1 Å². The van der Waals surface area contributed by atoms with E-state index in [0.717, 1.165) is 23.4 Å². The molecule has 1 aromatic carbocycles. The first kappa shape index (κ1) is 12.7. The minimum Gasteiger partial charge on any atom is -0.478 e. The summed E-state index contributed by atoms with van der Waals surface area (Å²) in [5.41, 5.74) is 1.75. The van der Waals surface area contributed by atoms with E-state index in [2.05, 4.69) is 21.5 Å². The third-order valence-electron chi connectivity index (χ3n) is 2.88. The number of carboxylic acids is 1. The van der Waals surface area contributed by atoms with Crippen LogP contribution in [0.15, 0.2) is 22.6 Å². The number of nitrogens with zero attached hydrogens (tertiary/aromatic N) is 3. The van der Waals surface area contributed by atoms with Crippen LogP contribution < -0.4 is 0 Å². The molecule has 0 amide bonds. The van der Waals surface area contributed by atoms with Crippen molar-refractivity contribution in [3.05, 3.63) is 29.5 Å². The number of carboxylic acid groups (broad SMARTS) is 1. The van der Waals surface area contributed by atoms with Gasteiger partial charge in [-0.1, -0.05) is 23.9 Å². The SMILES string of the molecule is CCCc1nnsc1-c1nc2cccc(C(=O)O)c2o1. The highest BCUT2D eigenvalue weighted by Gasteiger charge is 2.19. The smallest absolute Gasteiger partial charge is 0.339 e. The van der Waals surface area contributed by atoms with E-state index in [1.165, 1.54) is 17.6 Å². The lowest BCUT2D eigenvalue weighted by molar-refractivity contribution is 0.0698. The number of benzene rings is 1. The number of hydrogen-bond donors (Lipinski definition) is 1. The lowest BCUT2D eigenvalue weighted by Gasteiger charge is -1.94. The van der Waals surface area contributed by atoms with Crippen LogP contribution in [0.3, 0.4) is 0 Å². The average molecular weight is 289 g/mol. The maximum atomic E-state index is 11.2. The molecule has 0 aliphatic heterocycles. The van der Waals surface area contributed by atoms with Crippen molar-refractivity contribution in [1.82, 2.24) is 14.6 Å². The van der Waals surface area contributed by atoms with Gasteiger partial charge in [-0.3, -0.25) is 0 Å². The molecule has 20 heavy (non-hydrogen) atoms. The molecule has 3 aromatic rings. The van der Waals surface area contributed by atoms with Crippen molar-refractivity contribution in [1.29, 1.82) is 0 Å². The molecule has 0 aliphatic carbocycles. The van der Waals surface area contributed by atoms with Crippen LogP contribution in [0.4, 0.5) is 0 Å². The van der Waals surface area contributed by atoms with Crippen LogP contribution in [0, 0.1) is 0 Å². The zero-order valence-corrected chi connectivity index (χ0v) is 11.5. The molecule has 2 heterocycles. The van der Waals surface area contributed by atoms with Crippen LogP contribution in [0.1, 0.15) is 29.4 Å². The molecule has 3 rings (SSSR count). The second kappa shape index (κ2) is 5.01. The van der Waals surface area contributed by atoms with Gasteiger partial charge in [0.05, 0.1) is 5.69 Å². The number of aromatic nitrogens is 3. The Labute approximate surface area is 118 Å². The molecular weight excluding hydrogens is 278 g/mol. The van der Waals surface area contributed by atoms with Crippen LogP contribution in [0.25, 0.3) is 21.9 Å². The van der Waals surface area contributed by atoms with Gasteiger partial charge in [0.1, 0.15) is 16.0 Å². The summed E-state index contributed by atoms with van der Waals surface area (Å²) in [4.78, 5) is 16.3. The van der Waals surface area contributed by atoms with Gasteiger partial charge in [0, 0.05) is 0 Å². The van der Waals surface area contributed by atoms with Gasteiger partial charge in [0.2, 0.25) is 5.89 Å². The predicted molar refractivity (Wildman–Crippen MR) is 73.9 cm³/mol. The molecule has 7 heteroatoms. The molecule has 0 saturated heterocycles. The van der Waals surface area contributed by atoms with E-state index in [0.29, 0.717) is 11.4 Å². The van der Waals surface area contributed by atoms with Crippen molar-refractivity contribution < 1.29 is 14.3 Å². The molecular formula is C13H11N3O3S. The Morgan fingerprint density at radius 1 is 1.45 bits per heavy atom. The predicted octanol–water partition coefficient (Wildman–Crippen LogP) is 3.00. The number of oxazole rings is 1. The van der Waals surface area contributed by atoms with Gasteiger partial charge in [-0.25, -0.2) is 9.78 Å². The molecule has 0 bridgehead atoms. The van der Waals surface area contributed by atoms with Crippen LogP contribution in [0.2, 0.25) is 0 Å². The molecule has 0 fully saturated rings. The molecule has 0 spiro atoms. The Morgan fingerprint density at radius 3 is 3.05 bits per heavy atom. The topological polar surface area (TPSA) is 89.1 Å². The monoisotopic (exact) mass is 289 g/mol. The Bertz CT molecular complexity index is 778. The van der Waals surface area contributed by atoms with Gasteiger partial charge in [0.25, 0.3) is 0 Å². The Kier molecular flexibility index (Phi) is 3.19.